The Balaban J connectivity index is 3.53. The molecule has 20 heavy (non-hydrogen) atoms. The topological polar surface area (TPSA) is 89.0 Å². The number of hydrogen-bond acceptors (Lipinski definition) is 5. The van der Waals surface area contributed by atoms with Crippen molar-refractivity contribution in [1.29, 1.82) is 5.26 Å². The van der Waals surface area contributed by atoms with Gasteiger partial charge in [0, 0.05) is 6.20 Å². The quantitative estimate of drug-likeness (QED) is 0.484. The molecule has 0 aliphatic rings. The van der Waals surface area contributed by atoms with Crippen LogP contribution >= 0.6 is 0 Å². The average Bonchev–Trinajstić information content (AvgIpc) is 2.28. The van der Waals surface area contributed by atoms with Crippen LogP contribution in [0.3, 0.4) is 0 Å². The lowest BCUT2D eigenvalue weighted by molar-refractivity contribution is -0.387. The Kier molecular flexibility index (Phi) is 4.38. The maximum atomic E-state index is 12.8. The van der Waals surface area contributed by atoms with E-state index in [2.05, 4.69) is 9.72 Å². The van der Waals surface area contributed by atoms with Gasteiger partial charge in [0.2, 0.25) is 5.88 Å². The number of hydrogen-bond donors (Lipinski definition) is 0. The molecule has 0 atom stereocenters. The van der Waals surface area contributed by atoms with E-state index in [-0.39, 0.29) is 0 Å². The van der Waals surface area contributed by atoms with E-state index in [4.69, 9.17) is 5.26 Å². The Labute approximate surface area is 107 Å². The Bertz CT molecular complexity index is 567. The maximum Gasteiger partial charge on any atom is 0.574 e. The van der Waals surface area contributed by atoms with Crippen molar-refractivity contribution in [1.82, 2.24) is 4.98 Å². The zero-order valence-electron chi connectivity index (χ0n) is 9.32. The molecule has 0 spiro atoms. The minimum Gasteiger partial charge on any atom is -0.387 e. The van der Waals surface area contributed by atoms with E-state index in [1.165, 1.54) is 6.07 Å². The first-order chi connectivity index (χ1) is 9.17. The second-order valence-corrected chi connectivity index (χ2v) is 3.29. The number of halogens is 5. The molecule has 1 heterocycles. The van der Waals surface area contributed by atoms with Crippen molar-refractivity contribution in [3.05, 3.63) is 27.4 Å². The normalized spacial score (nSPS) is 11.2. The number of nitriles is 1. The molecule has 0 unspecified atom stereocenters. The summed E-state index contributed by atoms with van der Waals surface area (Å²) in [4.78, 5) is 12.4. The summed E-state index contributed by atoms with van der Waals surface area (Å²) in [6, 6.07) is 1.46. The molecule has 0 radical (unpaired) electrons. The molecule has 1 aromatic heterocycles. The van der Waals surface area contributed by atoms with Gasteiger partial charge in [-0.05, 0) is 0 Å². The fourth-order valence-corrected chi connectivity index (χ4v) is 1.36. The molecule has 0 bridgehead atoms. The van der Waals surface area contributed by atoms with Crippen LogP contribution in [0.5, 0.6) is 5.88 Å². The molecule has 0 saturated carbocycles. The second kappa shape index (κ2) is 5.64. The summed E-state index contributed by atoms with van der Waals surface area (Å²) in [7, 11) is 0. The molecular formula is C9H4F5N3O3. The van der Waals surface area contributed by atoms with Gasteiger partial charge in [0.25, 0.3) is 12.1 Å². The van der Waals surface area contributed by atoms with E-state index in [1.807, 2.05) is 0 Å². The average molecular weight is 297 g/mol. The number of ether oxygens (including phenoxy) is 1. The fraction of sp³-hybridized carbons (Fsp3) is 0.333. The molecule has 108 valence electrons. The molecule has 1 aromatic rings. The standard InChI is InChI=1S/C9H4F5N3O3/c10-7(11)5-6(17(18)19)4(1-2-15)3-16-8(5)20-9(12,13)14/h3,7H,1H2. The first-order valence-corrected chi connectivity index (χ1v) is 4.74. The molecule has 0 aliphatic heterocycles. The number of aromatic nitrogens is 1. The minimum atomic E-state index is -5.33. The number of alkyl halides is 5. The number of rotatable bonds is 4. The van der Waals surface area contributed by atoms with Crippen LogP contribution in [0.25, 0.3) is 0 Å². The molecule has 0 N–H and O–H groups in total. The van der Waals surface area contributed by atoms with Crippen LogP contribution in [0.4, 0.5) is 27.6 Å². The third-order valence-electron chi connectivity index (χ3n) is 2.01. The first kappa shape index (κ1) is 15.5. The summed E-state index contributed by atoms with van der Waals surface area (Å²) in [6.45, 7) is 0. The van der Waals surface area contributed by atoms with Gasteiger partial charge < -0.3 is 4.74 Å². The Morgan fingerprint density at radius 2 is 2.10 bits per heavy atom. The van der Waals surface area contributed by atoms with Crippen LogP contribution in [0, 0.1) is 21.4 Å². The van der Waals surface area contributed by atoms with Gasteiger partial charge in [0.1, 0.15) is 0 Å². The van der Waals surface area contributed by atoms with Gasteiger partial charge in [-0.3, -0.25) is 10.1 Å². The minimum absolute atomic E-state index is 0.522. The van der Waals surface area contributed by atoms with E-state index in [0.717, 1.165) is 0 Å². The molecule has 0 aromatic carbocycles. The lowest BCUT2D eigenvalue weighted by Crippen LogP contribution is -2.20. The van der Waals surface area contributed by atoms with Gasteiger partial charge in [0.15, 0.2) is 5.56 Å². The summed E-state index contributed by atoms with van der Waals surface area (Å²) in [6.07, 6.45) is -9.09. The fourth-order valence-electron chi connectivity index (χ4n) is 1.36. The van der Waals surface area contributed by atoms with Gasteiger partial charge in [0.05, 0.1) is 23.0 Å². The zero-order chi connectivity index (χ0) is 15.5. The monoisotopic (exact) mass is 297 g/mol. The number of nitro groups is 1. The molecule has 0 fully saturated rings. The van der Waals surface area contributed by atoms with E-state index in [0.29, 0.717) is 6.20 Å². The maximum absolute atomic E-state index is 12.8. The van der Waals surface area contributed by atoms with Crippen molar-refractivity contribution in [3.63, 3.8) is 0 Å². The Morgan fingerprint density at radius 1 is 1.50 bits per heavy atom. The van der Waals surface area contributed by atoms with Crippen LogP contribution in [-0.2, 0) is 6.42 Å². The molecule has 0 aliphatic carbocycles. The number of pyridine rings is 1. The predicted octanol–water partition coefficient (Wildman–Crippen LogP) is 2.89. The van der Waals surface area contributed by atoms with Gasteiger partial charge in [-0.1, -0.05) is 0 Å². The van der Waals surface area contributed by atoms with Crippen molar-refractivity contribution in [2.45, 2.75) is 19.2 Å². The van der Waals surface area contributed by atoms with Gasteiger partial charge in [-0.15, -0.1) is 13.2 Å². The highest BCUT2D eigenvalue weighted by molar-refractivity contribution is 5.53. The predicted molar refractivity (Wildman–Crippen MR) is 51.8 cm³/mol. The third kappa shape index (κ3) is 3.50. The van der Waals surface area contributed by atoms with E-state index in [9.17, 15) is 32.1 Å². The molecule has 11 heteroatoms. The molecule has 6 nitrogen and oxygen atoms in total. The van der Waals surface area contributed by atoms with Gasteiger partial charge >= 0.3 is 6.36 Å². The van der Waals surface area contributed by atoms with Crippen molar-refractivity contribution in [2.24, 2.45) is 0 Å². The van der Waals surface area contributed by atoms with Crippen molar-refractivity contribution < 1.29 is 31.6 Å². The summed E-state index contributed by atoms with van der Waals surface area (Å²) < 4.78 is 64.9. The summed E-state index contributed by atoms with van der Waals surface area (Å²) in [5.74, 6) is -1.61. The van der Waals surface area contributed by atoms with E-state index in [1.54, 1.807) is 0 Å². The molecule has 0 saturated heterocycles. The largest absolute Gasteiger partial charge is 0.574 e. The lowest BCUT2D eigenvalue weighted by Gasteiger charge is -2.13. The highest BCUT2D eigenvalue weighted by atomic mass is 19.4. The Hall–Kier alpha value is -2.51. The SMILES string of the molecule is N#CCc1cnc(OC(F)(F)F)c(C(F)F)c1[N+](=O)[O-]. The van der Waals surface area contributed by atoms with Crippen LogP contribution in [0.2, 0.25) is 0 Å². The van der Waals surface area contributed by atoms with E-state index >= 15 is 0 Å². The molecule has 1 rings (SSSR count). The van der Waals surface area contributed by atoms with Crippen molar-refractivity contribution >= 4 is 5.69 Å². The van der Waals surface area contributed by atoms with Crippen LogP contribution < -0.4 is 4.74 Å². The smallest absolute Gasteiger partial charge is 0.387 e. The summed E-state index contributed by atoms with van der Waals surface area (Å²) in [5, 5.41) is 19.1. The number of nitrogens with zero attached hydrogens (tertiary/aromatic N) is 3. The molecular weight excluding hydrogens is 293 g/mol. The summed E-state index contributed by atoms with van der Waals surface area (Å²) >= 11 is 0. The van der Waals surface area contributed by atoms with Gasteiger partial charge in [-0.25, -0.2) is 13.8 Å². The zero-order valence-corrected chi connectivity index (χ0v) is 9.32. The van der Waals surface area contributed by atoms with Crippen LogP contribution in [0.1, 0.15) is 17.6 Å². The summed E-state index contributed by atoms with van der Waals surface area (Å²) in [5.41, 5.74) is -3.45. The van der Waals surface area contributed by atoms with Gasteiger partial charge in [-0.2, -0.15) is 5.26 Å². The highest BCUT2D eigenvalue weighted by Gasteiger charge is 2.38. The second-order valence-electron chi connectivity index (χ2n) is 3.29. The Morgan fingerprint density at radius 3 is 2.50 bits per heavy atom. The van der Waals surface area contributed by atoms with Crippen molar-refractivity contribution in [2.75, 3.05) is 0 Å². The highest BCUT2D eigenvalue weighted by Crippen LogP contribution is 2.39. The van der Waals surface area contributed by atoms with E-state index < -0.39 is 46.8 Å². The van der Waals surface area contributed by atoms with Crippen LogP contribution in [-0.4, -0.2) is 16.3 Å². The van der Waals surface area contributed by atoms with Crippen LogP contribution in [0.15, 0.2) is 6.20 Å². The third-order valence-corrected chi connectivity index (χ3v) is 2.01. The lowest BCUT2D eigenvalue weighted by atomic mass is 10.1. The first-order valence-electron chi connectivity index (χ1n) is 4.74. The van der Waals surface area contributed by atoms with Crippen molar-refractivity contribution in [3.8, 4) is 11.9 Å². The molecule has 0 amide bonds.